The number of thioether (sulfide) groups is 1. The molecular formula is C23H42N8O5S. The van der Waals surface area contributed by atoms with E-state index < -0.39 is 47.9 Å². The number of unbranched alkanes of at least 4 members (excludes halogenated alkanes) is 2. The number of nitrogens with two attached hydrogens (primary N) is 3. The Morgan fingerprint density at radius 3 is 2.03 bits per heavy atom. The summed E-state index contributed by atoms with van der Waals surface area (Å²) in [5.74, 6) is -2.25. The van der Waals surface area contributed by atoms with Gasteiger partial charge in [0.25, 0.3) is 0 Å². The number of nitrogens with zero attached hydrogens (tertiary/aromatic N) is 1. The van der Waals surface area contributed by atoms with Gasteiger partial charge in [-0.05, 0) is 63.6 Å². The number of aromatic nitrogens is 2. The maximum absolute atomic E-state index is 13.2. The number of carboxylic acids is 1. The zero-order valence-corrected chi connectivity index (χ0v) is 22.2. The molecule has 11 N–H and O–H groups in total. The number of nitrogens with one attached hydrogen (secondary N) is 4. The molecular weight excluding hydrogens is 500 g/mol. The predicted molar refractivity (Wildman–Crippen MR) is 143 cm³/mol. The van der Waals surface area contributed by atoms with Crippen molar-refractivity contribution in [3.05, 3.63) is 18.2 Å². The molecule has 1 rings (SSSR count). The van der Waals surface area contributed by atoms with E-state index in [1.807, 2.05) is 6.26 Å². The molecule has 0 saturated heterocycles. The number of hydrogen-bond acceptors (Lipinski definition) is 9. The molecule has 0 saturated carbocycles. The zero-order chi connectivity index (χ0) is 27.6. The Balaban J connectivity index is 2.92. The molecule has 0 spiro atoms. The minimum atomic E-state index is -1.22. The highest BCUT2D eigenvalue weighted by atomic mass is 32.2. The highest BCUT2D eigenvalue weighted by molar-refractivity contribution is 7.98. The van der Waals surface area contributed by atoms with Crippen LogP contribution in [-0.4, -0.2) is 88.0 Å². The molecule has 14 heteroatoms. The molecule has 0 fully saturated rings. The van der Waals surface area contributed by atoms with Crippen molar-refractivity contribution in [3.8, 4) is 0 Å². The van der Waals surface area contributed by atoms with Crippen molar-refractivity contribution in [2.24, 2.45) is 17.2 Å². The summed E-state index contributed by atoms with van der Waals surface area (Å²) in [5.41, 5.74) is 17.6. The number of amides is 3. The first-order valence-corrected chi connectivity index (χ1v) is 13.9. The van der Waals surface area contributed by atoms with Gasteiger partial charge in [0.1, 0.15) is 18.1 Å². The quantitative estimate of drug-likeness (QED) is 0.0919. The van der Waals surface area contributed by atoms with Gasteiger partial charge in [-0.2, -0.15) is 11.8 Å². The molecule has 0 aliphatic carbocycles. The number of aliphatic carboxylic acids is 1. The van der Waals surface area contributed by atoms with Crippen LogP contribution in [0.4, 0.5) is 0 Å². The normalized spacial score (nSPS) is 14.3. The van der Waals surface area contributed by atoms with Gasteiger partial charge in [0.2, 0.25) is 17.7 Å². The van der Waals surface area contributed by atoms with Gasteiger partial charge in [-0.15, -0.1) is 0 Å². The summed E-state index contributed by atoms with van der Waals surface area (Å²) >= 11 is 1.51. The second kappa shape index (κ2) is 18.5. The smallest absolute Gasteiger partial charge is 0.326 e. The Morgan fingerprint density at radius 2 is 1.49 bits per heavy atom. The van der Waals surface area contributed by atoms with Gasteiger partial charge in [0.05, 0.1) is 12.4 Å². The van der Waals surface area contributed by atoms with Crippen LogP contribution in [0.5, 0.6) is 0 Å². The average Bonchev–Trinajstić information content (AvgIpc) is 3.38. The Morgan fingerprint density at radius 1 is 0.919 bits per heavy atom. The lowest BCUT2D eigenvalue weighted by Gasteiger charge is -2.25. The first-order chi connectivity index (χ1) is 17.7. The summed E-state index contributed by atoms with van der Waals surface area (Å²) < 4.78 is 0. The van der Waals surface area contributed by atoms with E-state index in [-0.39, 0.29) is 12.8 Å². The highest BCUT2D eigenvalue weighted by Crippen LogP contribution is 2.08. The van der Waals surface area contributed by atoms with Gasteiger partial charge in [-0.3, -0.25) is 14.4 Å². The largest absolute Gasteiger partial charge is 0.480 e. The lowest BCUT2D eigenvalue weighted by atomic mass is 10.1. The van der Waals surface area contributed by atoms with Crippen molar-refractivity contribution < 1.29 is 24.3 Å². The summed E-state index contributed by atoms with van der Waals surface area (Å²) in [7, 11) is 0. The Hall–Kier alpha value is -2.68. The van der Waals surface area contributed by atoms with Gasteiger partial charge >= 0.3 is 5.97 Å². The van der Waals surface area contributed by atoms with Crippen molar-refractivity contribution in [2.45, 2.75) is 75.5 Å². The van der Waals surface area contributed by atoms with Crippen LogP contribution in [0.2, 0.25) is 0 Å². The van der Waals surface area contributed by atoms with Crippen LogP contribution in [0.3, 0.4) is 0 Å². The number of hydrogen-bond donors (Lipinski definition) is 8. The van der Waals surface area contributed by atoms with Crippen LogP contribution in [0.1, 0.15) is 50.6 Å². The molecule has 0 aliphatic rings. The Bertz CT molecular complexity index is 826. The number of carbonyl (C=O) groups excluding carboxylic acids is 3. The second-order valence-electron chi connectivity index (χ2n) is 8.76. The third-order valence-corrected chi connectivity index (χ3v) is 6.37. The summed E-state index contributed by atoms with van der Waals surface area (Å²) in [6, 6.07) is -3.90. The SMILES string of the molecule is CSCCC(NC(=O)C(N)CCCCN)C(=O)NC(CCCCN)C(=O)NC(Cc1cnc[nH]1)C(=O)O. The number of carbonyl (C=O) groups is 4. The minimum absolute atomic E-state index is 0.00100. The molecule has 1 heterocycles. The highest BCUT2D eigenvalue weighted by Gasteiger charge is 2.30. The van der Waals surface area contributed by atoms with Gasteiger partial charge < -0.3 is 43.2 Å². The summed E-state index contributed by atoms with van der Waals surface area (Å²) in [6.07, 6.45) is 8.41. The van der Waals surface area contributed by atoms with Crippen molar-refractivity contribution in [2.75, 3.05) is 25.1 Å². The molecule has 4 atom stereocenters. The predicted octanol–water partition coefficient (Wildman–Crippen LogP) is -1.17. The number of imidazole rings is 1. The maximum Gasteiger partial charge on any atom is 0.326 e. The molecule has 0 radical (unpaired) electrons. The van der Waals surface area contributed by atoms with E-state index in [2.05, 4.69) is 25.9 Å². The standard InChI is InChI=1S/C23H42N8O5S/c1-37-11-8-18(29-20(32)16(26)6-2-4-9-24)22(34)30-17(7-3-5-10-25)21(33)31-19(23(35)36)12-15-13-27-14-28-15/h13-14,16-19H,2-12,24-26H2,1H3,(H,27,28)(H,29,32)(H,30,34)(H,31,33)(H,35,36). The first kappa shape index (κ1) is 32.3. The molecule has 1 aromatic heterocycles. The molecule has 13 nitrogen and oxygen atoms in total. The topological polar surface area (TPSA) is 231 Å². The van der Waals surface area contributed by atoms with Crippen LogP contribution in [0, 0.1) is 0 Å². The third kappa shape index (κ3) is 12.9. The Kier molecular flexibility index (Phi) is 16.2. The van der Waals surface area contributed by atoms with Crippen molar-refractivity contribution in [1.29, 1.82) is 0 Å². The number of rotatable bonds is 20. The fraction of sp³-hybridized carbons (Fsp3) is 0.696. The fourth-order valence-corrected chi connectivity index (χ4v) is 4.02. The van der Waals surface area contributed by atoms with Crippen LogP contribution in [0.15, 0.2) is 12.5 Å². The van der Waals surface area contributed by atoms with Gasteiger partial charge in [0.15, 0.2) is 0 Å². The van der Waals surface area contributed by atoms with E-state index >= 15 is 0 Å². The van der Waals surface area contributed by atoms with E-state index in [4.69, 9.17) is 17.2 Å². The lowest BCUT2D eigenvalue weighted by molar-refractivity contribution is -0.142. The van der Waals surface area contributed by atoms with Crippen LogP contribution in [-0.2, 0) is 25.6 Å². The molecule has 4 unspecified atom stereocenters. The number of H-pyrrole nitrogens is 1. The fourth-order valence-electron chi connectivity index (χ4n) is 3.55. The second-order valence-corrected chi connectivity index (χ2v) is 9.75. The molecule has 0 aliphatic heterocycles. The van der Waals surface area contributed by atoms with Crippen molar-refractivity contribution >= 4 is 35.5 Å². The molecule has 210 valence electrons. The van der Waals surface area contributed by atoms with Crippen molar-refractivity contribution in [3.63, 3.8) is 0 Å². The molecule has 0 aromatic carbocycles. The lowest BCUT2D eigenvalue weighted by Crippen LogP contribution is -2.57. The third-order valence-electron chi connectivity index (χ3n) is 5.72. The summed E-state index contributed by atoms with van der Waals surface area (Å²) in [4.78, 5) is 57.2. The van der Waals surface area contributed by atoms with E-state index in [1.165, 1.54) is 24.3 Å². The van der Waals surface area contributed by atoms with E-state index in [0.717, 1.165) is 6.42 Å². The van der Waals surface area contributed by atoms with Crippen LogP contribution in [0.25, 0.3) is 0 Å². The van der Waals surface area contributed by atoms with Crippen LogP contribution < -0.4 is 33.2 Å². The van der Waals surface area contributed by atoms with Crippen molar-refractivity contribution in [1.82, 2.24) is 25.9 Å². The Labute approximate surface area is 221 Å². The van der Waals surface area contributed by atoms with E-state index in [1.54, 1.807) is 0 Å². The molecule has 0 bridgehead atoms. The average molecular weight is 543 g/mol. The molecule has 37 heavy (non-hydrogen) atoms. The summed E-state index contributed by atoms with van der Waals surface area (Å²) in [6.45, 7) is 0.916. The van der Waals surface area contributed by atoms with E-state index in [9.17, 15) is 24.3 Å². The minimum Gasteiger partial charge on any atom is -0.480 e. The van der Waals surface area contributed by atoms with E-state index in [0.29, 0.717) is 56.6 Å². The van der Waals surface area contributed by atoms with Crippen LogP contribution >= 0.6 is 11.8 Å². The maximum atomic E-state index is 13.2. The number of carboxylic acid groups (broad SMARTS) is 1. The zero-order valence-electron chi connectivity index (χ0n) is 21.4. The summed E-state index contributed by atoms with van der Waals surface area (Å²) in [5, 5.41) is 17.5. The molecule has 1 aromatic rings. The monoisotopic (exact) mass is 542 g/mol. The van der Waals surface area contributed by atoms with Gasteiger partial charge in [-0.25, -0.2) is 9.78 Å². The number of aromatic amines is 1. The van der Waals surface area contributed by atoms with Gasteiger partial charge in [-0.1, -0.05) is 6.42 Å². The first-order valence-electron chi connectivity index (χ1n) is 12.5. The van der Waals surface area contributed by atoms with Gasteiger partial charge in [0, 0.05) is 18.3 Å². The molecule has 3 amide bonds.